The number of thiazole rings is 1. The number of benzene rings is 1. The summed E-state index contributed by atoms with van der Waals surface area (Å²) in [6.45, 7) is 8.75. The molecule has 1 aromatic carbocycles. The normalized spacial score (nSPS) is 11.4. The monoisotopic (exact) mass is 260 g/mol. The minimum Gasteiger partial charge on any atom is -0.398 e. The van der Waals surface area contributed by atoms with E-state index in [2.05, 4.69) is 44.8 Å². The SMILES string of the molecule is CC(C)c1cc(-c2cncs2)cc(C(C)C)c1N. The van der Waals surface area contributed by atoms with E-state index < -0.39 is 0 Å². The molecule has 0 spiro atoms. The highest BCUT2D eigenvalue weighted by Gasteiger charge is 2.14. The molecular weight excluding hydrogens is 240 g/mol. The van der Waals surface area contributed by atoms with Gasteiger partial charge in [0.05, 0.1) is 10.4 Å². The molecule has 96 valence electrons. The highest BCUT2D eigenvalue weighted by Crippen LogP contribution is 2.36. The first-order chi connectivity index (χ1) is 8.50. The lowest BCUT2D eigenvalue weighted by Gasteiger charge is -2.18. The van der Waals surface area contributed by atoms with Crippen LogP contribution >= 0.6 is 11.3 Å². The fraction of sp³-hybridized carbons (Fsp3) is 0.400. The van der Waals surface area contributed by atoms with Gasteiger partial charge in [-0.1, -0.05) is 27.7 Å². The second kappa shape index (κ2) is 5.11. The third-order valence-electron chi connectivity index (χ3n) is 3.20. The van der Waals surface area contributed by atoms with Gasteiger partial charge in [0.15, 0.2) is 0 Å². The molecule has 1 heterocycles. The Kier molecular flexibility index (Phi) is 3.71. The van der Waals surface area contributed by atoms with Crippen LogP contribution in [0.2, 0.25) is 0 Å². The van der Waals surface area contributed by atoms with Crippen molar-refractivity contribution in [2.75, 3.05) is 5.73 Å². The molecule has 2 aromatic rings. The van der Waals surface area contributed by atoms with E-state index in [0.29, 0.717) is 11.8 Å². The lowest BCUT2D eigenvalue weighted by molar-refractivity contribution is 0.840. The molecule has 0 amide bonds. The predicted molar refractivity (Wildman–Crippen MR) is 80.1 cm³/mol. The van der Waals surface area contributed by atoms with Crippen LogP contribution in [0.15, 0.2) is 23.8 Å². The van der Waals surface area contributed by atoms with E-state index in [9.17, 15) is 0 Å². The third kappa shape index (κ3) is 2.41. The van der Waals surface area contributed by atoms with E-state index in [1.807, 2.05) is 11.7 Å². The van der Waals surface area contributed by atoms with Crippen molar-refractivity contribution in [1.82, 2.24) is 4.98 Å². The van der Waals surface area contributed by atoms with Crippen molar-refractivity contribution in [2.45, 2.75) is 39.5 Å². The Labute approximate surface area is 113 Å². The van der Waals surface area contributed by atoms with Gasteiger partial charge >= 0.3 is 0 Å². The molecule has 2 N–H and O–H groups in total. The number of hydrogen-bond acceptors (Lipinski definition) is 3. The molecule has 0 aliphatic heterocycles. The number of nitrogens with zero attached hydrogens (tertiary/aromatic N) is 1. The Bertz CT molecular complexity index is 498. The van der Waals surface area contributed by atoms with Crippen molar-refractivity contribution in [3.05, 3.63) is 35.0 Å². The van der Waals surface area contributed by atoms with E-state index in [-0.39, 0.29) is 0 Å². The molecule has 18 heavy (non-hydrogen) atoms. The van der Waals surface area contributed by atoms with E-state index in [4.69, 9.17) is 5.73 Å². The van der Waals surface area contributed by atoms with Crippen LogP contribution in [0.4, 0.5) is 5.69 Å². The van der Waals surface area contributed by atoms with Gasteiger partial charge < -0.3 is 5.73 Å². The summed E-state index contributed by atoms with van der Waals surface area (Å²) in [6, 6.07) is 4.42. The molecule has 3 heteroatoms. The molecule has 0 saturated heterocycles. The van der Waals surface area contributed by atoms with Crippen LogP contribution in [-0.4, -0.2) is 4.98 Å². The van der Waals surface area contributed by atoms with Crippen molar-refractivity contribution in [3.63, 3.8) is 0 Å². The molecule has 2 rings (SSSR count). The summed E-state index contributed by atoms with van der Waals surface area (Å²) in [5.74, 6) is 0.880. The van der Waals surface area contributed by atoms with Gasteiger partial charge in [-0.05, 0) is 40.7 Å². The molecule has 0 fully saturated rings. The topological polar surface area (TPSA) is 38.9 Å². The van der Waals surface area contributed by atoms with Crippen molar-refractivity contribution < 1.29 is 0 Å². The number of rotatable bonds is 3. The maximum atomic E-state index is 6.30. The van der Waals surface area contributed by atoms with E-state index >= 15 is 0 Å². The second-order valence-electron chi connectivity index (χ2n) is 5.24. The van der Waals surface area contributed by atoms with Crippen LogP contribution in [0.5, 0.6) is 0 Å². The van der Waals surface area contributed by atoms with Crippen LogP contribution in [-0.2, 0) is 0 Å². The molecule has 0 radical (unpaired) electrons. The molecule has 0 unspecified atom stereocenters. The fourth-order valence-corrected chi connectivity index (χ4v) is 2.77. The summed E-state index contributed by atoms with van der Waals surface area (Å²) >= 11 is 1.67. The Morgan fingerprint density at radius 2 is 1.61 bits per heavy atom. The van der Waals surface area contributed by atoms with Gasteiger partial charge in [-0.25, -0.2) is 0 Å². The van der Waals surface area contributed by atoms with Crippen LogP contribution in [0, 0.1) is 0 Å². The summed E-state index contributed by atoms with van der Waals surface area (Å²) in [5, 5.41) is 0. The molecule has 0 aliphatic rings. The number of anilines is 1. The Hall–Kier alpha value is -1.35. The maximum absolute atomic E-state index is 6.30. The first-order valence-corrected chi connectivity index (χ1v) is 7.20. The third-order valence-corrected chi connectivity index (χ3v) is 4.03. The smallest absolute Gasteiger partial charge is 0.0797 e. The summed E-state index contributed by atoms with van der Waals surface area (Å²) < 4.78 is 0. The maximum Gasteiger partial charge on any atom is 0.0797 e. The average Bonchev–Trinajstić information content (AvgIpc) is 2.82. The minimum absolute atomic E-state index is 0.440. The Morgan fingerprint density at radius 3 is 2.00 bits per heavy atom. The number of aromatic nitrogens is 1. The first-order valence-electron chi connectivity index (χ1n) is 6.33. The van der Waals surface area contributed by atoms with Crippen molar-refractivity contribution in [3.8, 4) is 10.4 Å². The van der Waals surface area contributed by atoms with Gasteiger partial charge in [0.25, 0.3) is 0 Å². The summed E-state index contributed by atoms with van der Waals surface area (Å²) in [5.41, 5.74) is 12.8. The van der Waals surface area contributed by atoms with Crippen molar-refractivity contribution >= 4 is 17.0 Å². The summed E-state index contributed by atoms with van der Waals surface area (Å²) in [6.07, 6.45) is 1.92. The van der Waals surface area contributed by atoms with Gasteiger partial charge in [-0.2, -0.15) is 0 Å². The molecule has 2 nitrogen and oxygen atoms in total. The quantitative estimate of drug-likeness (QED) is 0.816. The van der Waals surface area contributed by atoms with Gasteiger partial charge in [-0.15, -0.1) is 11.3 Å². The average molecular weight is 260 g/mol. The zero-order valence-corrected chi connectivity index (χ0v) is 12.2. The Balaban J connectivity index is 2.62. The van der Waals surface area contributed by atoms with E-state index in [1.54, 1.807) is 11.3 Å². The summed E-state index contributed by atoms with van der Waals surface area (Å²) in [7, 11) is 0. The molecule has 0 atom stereocenters. The lowest BCUT2D eigenvalue weighted by atomic mass is 9.90. The largest absolute Gasteiger partial charge is 0.398 e. The standard InChI is InChI=1S/C15H20N2S/c1-9(2)12-5-11(14-7-17-8-18-14)6-13(10(3)4)15(12)16/h5-10H,16H2,1-4H3. The highest BCUT2D eigenvalue weighted by atomic mass is 32.1. The van der Waals surface area contributed by atoms with E-state index in [1.165, 1.54) is 21.6 Å². The van der Waals surface area contributed by atoms with Crippen LogP contribution in [0.25, 0.3) is 10.4 Å². The second-order valence-corrected chi connectivity index (χ2v) is 6.13. The molecule has 0 saturated carbocycles. The molecule has 0 bridgehead atoms. The minimum atomic E-state index is 0.440. The first kappa shape index (κ1) is 13.1. The fourth-order valence-electron chi connectivity index (χ4n) is 2.15. The Morgan fingerprint density at radius 1 is 1.06 bits per heavy atom. The summed E-state index contributed by atoms with van der Waals surface area (Å²) in [4.78, 5) is 5.36. The number of hydrogen-bond donors (Lipinski definition) is 1. The van der Waals surface area contributed by atoms with Gasteiger partial charge in [0.2, 0.25) is 0 Å². The number of nitrogen functional groups attached to an aromatic ring is 1. The van der Waals surface area contributed by atoms with Gasteiger partial charge in [0.1, 0.15) is 0 Å². The zero-order valence-electron chi connectivity index (χ0n) is 11.4. The van der Waals surface area contributed by atoms with Crippen LogP contribution in [0.3, 0.4) is 0 Å². The zero-order chi connectivity index (χ0) is 13.3. The van der Waals surface area contributed by atoms with Gasteiger partial charge in [-0.3, -0.25) is 4.98 Å². The van der Waals surface area contributed by atoms with Crippen LogP contribution < -0.4 is 5.73 Å². The van der Waals surface area contributed by atoms with Crippen molar-refractivity contribution in [1.29, 1.82) is 0 Å². The molecular formula is C15H20N2S. The van der Waals surface area contributed by atoms with Crippen LogP contribution in [0.1, 0.15) is 50.7 Å². The molecule has 0 aliphatic carbocycles. The van der Waals surface area contributed by atoms with E-state index in [0.717, 1.165) is 5.69 Å². The van der Waals surface area contributed by atoms with Crippen molar-refractivity contribution in [2.24, 2.45) is 0 Å². The lowest BCUT2D eigenvalue weighted by Crippen LogP contribution is -2.03. The van der Waals surface area contributed by atoms with Gasteiger partial charge in [0, 0.05) is 11.9 Å². The highest BCUT2D eigenvalue weighted by molar-refractivity contribution is 7.13. The number of nitrogens with two attached hydrogens (primary N) is 1. The predicted octanol–water partition coefficient (Wildman–Crippen LogP) is 4.64. The molecule has 1 aromatic heterocycles.